The molecule has 3 N–H and O–H groups in total. The lowest BCUT2D eigenvalue weighted by Crippen LogP contribution is -2.24. The van der Waals surface area contributed by atoms with Crippen LogP contribution in [-0.4, -0.2) is 22.6 Å². The number of thiophene rings is 1. The number of aromatic nitrogens is 2. The lowest BCUT2D eigenvalue weighted by Gasteiger charge is -2.12. The highest BCUT2D eigenvalue weighted by Crippen LogP contribution is 2.27. The molecule has 0 bridgehead atoms. The Morgan fingerprint density at radius 1 is 1.27 bits per heavy atom. The number of nitrogens with zero attached hydrogens (tertiary/aromatic N) is 2. The summed E-state index contributed by atoms with van der Waals surface area (Å²) in [6.45, 7) is 1.79. The first-order valence-corrected chi connectivity index (χ1v) is 12.9. The van der Waals surface area contributed by atoms with Gasteiger partial charge in [0.05, 0.1) is 27.2 Å². The van der Waals surface area contributed by atoms with Gasteiger partial charge in [-0.15, -0.1) is 11.3 Å². The van der Waals surface area contributed by atoms with E-state index in [-0.39, 0.29) is 10.9 Å². The molecule has 1 aromatic carbocycles. The minimum Gasteiger partial charge on any atom is -0.386 e. The monoisotopic (exact) mass is 595 g/mol. The number of urea groups is 1. The molecule has 0 fully saturated rings. The fourth-order valence-corrected chi connectivity index (χ4v) is 5.50. The number of halogens is 2. The third kappa shape index (κ3) is 5.14. The van der Waals surface area contributed by atoms with E-state index in [4.69, 9.17) is 0 Å². The molecule has 0 radical (unpaired) electrons. The summed E-state index contributed by atoms with van der Waals surface area (Å²) >= 11 is 5.16. The summed E-state index contributed by atoms with van der Waals surface area (Å²) in [5.41, 5.74) is 1.17. The van der Waals surface area contributed by atoms with Crippen molar-refractivity contribution in [3.8, 4) is 5.69 Å². The van der Waals surface area contributed by atoms with Crippen LogP contribution >= 0.6 is 45.9 Å². The quantitative estimate of drug-likeness (QED) is 0.151. The lowest BCUT2D eigenvalue weighted by atomic mass is 10.1. The van der Waals surface area contributed by atoms with Crippen LogP contribution in [0.4, 0.5) is 20.7 Å². The molecule has 0 atom stereocenters. The average molecular weight is 595 g/mol. The van der Waals surface area contributed by atoms with Crippen molar-refractivity contribution in [1.29, 1.82) is 0 Å². The Kier molecular flexibility index (Phi) is 7.20. The van der Waals surface area contributed by atoms with Gasteiger partial charge in [-0.3, -0.25) is 19.4 Å². The van der Waals surface area contributed by atoms with Crippen molar-refractivity contribution in [2.75, 3.05) is 17.7 Å². The number of amides is 2. The smallest absolute Gasteiger partial charge is 0.330 e. The van der Waals surface area contributed by atoms with E-state index in [2.05, 4.69) is 42.9 Å². The van der Waals surface area contributed by atoms with Crippen molar-refractivity contribution in [2.24, 2.45) is 0 Å². The van der Waals surface area contributed by atoms with E-state index in [0.717, 1.165) is 8.64 Å². The molecule has 0 unspecified atom stereocenters. The molecule has 0 aliphatic carbocycles. The summed E-state index contributed by atoms with van der Waals surface area (Å²) in [6, 6.07) is 9.93. The van der Waals surface area contributed by atoms with Crippen LogP contribution in [0.3, 0.4) is 0 Å². The maximum Gasteiger partial charge on any atom is 0.330 e. The standard InChI is InChI=1S/C22H19FIN5O2S2/c1-12-7-14(29-6-5-13-8-18(25-2)17(23)9-16(13)21(29)30)11-26-20(12)27-22(31)28-33-19-4-3-15(10-24)32-19/h3-9,11,25H,10H2,1-2H3,(H2,26,27,28,31). The van der Waals surface area contributed by atoms with E-state index in [1.165, 1.54) is 33.7 Å². The molecular formula is C22H19FIN5O2S2. The molecule has 33 heavy (non-hydrogen) atoms. The van der Waals surface area contributed by atoms with Gasteiger partial charge < -0.3 is 5.32 Å². The number of benzene rings is 1. The third-order valence-corrected chi connectivity index (χ3v) is 8.19. The van der Waals surface area contributed by atoms with Crippen LogP contribution in [0, 0.1) is 12.7 Å². The topological polar surface area (TPSA) is 88.1 Å². The van der Waals surface area contributed by atoms with E-state index in [1.54, 1.807) is 49.7 Å². The van der Waals surface area contributed by atoms with Gasteiger partial charge in [0.2, 0.25) is 0 Å². The molecule has 11 heteroatoms. The van der Waals surface area contributed by atoms with Gasteiger partial charge in [-0.1, -0.05) is 22.6 Å². The number of alkyl halides is 1. The number of hydrogen-bond acceptors (Lipinski definition) is 6. The molecule has 0 spiro atoms. The maximum absolute atomic E-state index is 14.2. The number of carbonyl (C=O) groups is 1. The first-order chi connectivity index (χ1) is 15.9. The highest BCUT2D eigenvalue weighted by atomic mass is 127. The molecule has 0 aliphatic rings. The van der Waals surface area contributed by atoms with Crippen LogP contribution in [-0.2, 0) is 4.43 Å². The second kappa shape index (κ2) is 10.1. The van der Waals surface area contributed by atoms with Crippen molar-refractivity contribution >= 4 is 74.2 Å². The summed E-state index contributed by atoms with van der Waals surface area (Å²) in [5, 5.41) is 6.39. The zero-order chi connectivity index (χ0) is 23.5. The van der Waals surface area contributed by atoms with Gasteiger partial charge in [0.1, 0.15) is 11.6 Å². The van der Waals surface area contributed by atoms with Crippen LogP contribution in [0.15, 0.2) is 57.8 Å². The van der Waals surface area contributed by atoms with Crippen LogP contribution in [0.1, 0.15) is 10.4 Å². The van der Waals surface area contributed by atoms with Gasteiger partial charge in [0.25, 0.3) is 5.56 Å². The van der Waals surface area contributed by atoms with E-state index < -0.39 is 11.8 Å². The second-order valence-corrected chi connectivity index (χ2v) is 10.1. The SMILES string of the molecule is CNc1cc2ccn(-c3cnc(NC(=O)NSc4ccc(CI)s4)c(C)c3)c(=O)c2cc1F. The number of hydrogen-bond donors (Lipinski definition) is 3. The molecule has 2 amide bonds. The Morgan fingerprint density at radius 3 is 2.79 bits per heavy atom. The fourth-order valence-electron chi connectivity index (χ4n) is 3.20. The predicted octanol–water partition coefficient (Wildman–Crippen LogP) is 5.70. The number of fused-ring (bicyclic) bond motifs is 1. The van der Waals surface area contributed by atoms with Crippen LogP contribution in [0.5, 0.6) is 0 Å². The summed E-state index contributed by atoms with van der Waals surface area (Å²) in [6.07, 6.45) is 3.12. The molecule has 0 saturated heterocycles. The number of pyridine rings is 2. The molecule has 3 aromatic heterocycles. The number of aryl methyl sites for hydroxylation is 1. The average Bonchev–Trinajstić information content (AvgIpc) is 3.28. The van der Waals surface area contributed by atoms with E-state index in [1.807, 2.05) is 12.1 Å². The van der Waals surface area contributed by atoms with E-state index >= 15 is 0 Å². The molecule has 0 aliphatic heterocycles. The highest BCUT2D eigenvalue weighted by molar-refractivity contribution is 14.1. The van der Waals surface area contributed by atoms with Crippen LogP contribution < -0.4 is 20.9 Å². The van der Waals surface area contributed by atoms with E-state index in [9.17, 15) is 14.0 Å². The van der Waals surface area contributed by atoms with Gasteiger partial charge in [0.15, 0.2) is 0 Å². The van der Waals surface area contributed by atoms with Gasteiger partial charge in [-0.05, 0) is 66.2 Å². The molecule has 170 valence electrons. The summed E-state index contributed by atoms with van der Waals surface area (Å²) in [4.78, 5) is 30.8. The van der Waals surface area contributed by atoms with Gasteiger partial charge in [-0.25, -0.2) is 14.2 Å². The number of carbonyl (C=O) groups excluding carboxylic acids is 1. The van der Waals surface area contributed by atoms with Crippen molar-refractivity contribution in [1.82, 2.24) is 14.3 Å². The molecular weight excluding hydrogens is 576 g/mol. The van der Waals surface area contributed by atoms with Crippen LogP contribution in [0.2, 0.25) is 0 Å². The normalized spacial score (nSPS) is 10.9. The maximum atomic E-state index is 14.2. The second-order valence-electron chi connectivity index (χ2n) is 7.03. The lowest BCUT2D eigenvalue weighted by molar-refractivity contribution is 0.257. The largest absolute Gasteiger partial charge is 0.386 e. The van der Waals surface area contributed by atoms with Crippen molar-refractivity contribution < 1.29 is 9.18 Å². The summed E-state index contributed by atoms with van der Waals surface area (Å²) in [7, 11) is 1.62. The third-order valence-electron chi connectivity index (χ3n) is 4.85. The number of rotatable bonds is 6. The van der Waals surface area contributed by atoms with Crippen molar-refractivity contribution in [2.45, 2.75) is 15.6 Å². The Hall–Kier alpha value is -2.64. The first-order valence-electron chi connectivity index (χ1n) is 9.78. The predicted molar refractivity (Wildman–Crippen MR) is 142 cm³/mol. The molecule has 0 saturated carbocycles. The summed E-state index contributed by atoms with van der Waals surface area (Å²) < 4.78 is 20.3. The van der Waals surface area contributed by atoms with Crippen LogP contribution in [0.25, 0.3) is 16.5 Å². The van der Waals surface area contributed by atoms with Crippen molar-refractivity contribution in [3.05, 3.63) is 75.4 Å². The number of anilines is 2. The van der Waals surface area contributed by atoms with E-state index in [0.29, 0.717) is 28.1 Å². The molecule has 4 rings (SSSR count). The Morgan fingerprint density at radius 2 is 2.09 bits per heavy atom. The van der Waals surface area contributed by atoms with Gasteiger partial charge >= 0.3 is 6.03 Å². The Bertz CT molecular complexity index is 1410. The molecule has 4 aromatic rings. The minimum atomic E-state index is -0.495. The zero-order valence-electron chi connectivity index (χ0n) is 17.6. The van der Waals surface area contributed by atoms with Gasteiger partial charge in [0, 0.05) is 22.5 Å². The molecule has 3 heterocycles. The number of nitrogens with one attached hydrogen (secondary N) is 3. The van der Waals surface area contributed by atoms with Crippen molar-refractivity contribution in [3.63, 3.8) is 0 Å². The highest BCUT2D eigenvalue weighted by Gasteiger charge is 2.12. The molecule has 7 nitrogen and oxygen atoms in total. The summed E-state index contributed by atoms with van der Waals surface area (Å²) in [5.74, 6) is -0.111. The minimum absolute atomic E-state index is 0.268. The van der Waals surface area contributed by atoms with Gasteiger partial charge in [-0.2, -0.15) is 0 Å². The Balaban J connectivity index is 1.52. The zero-order valence-corrected chi connectivity index (χ0v) is 21.4. The first kappa shape index (κ1) is 23.5. The Labute approximate surface area is 211 Å². The fraction of sp³-hybridized carbons (Fsp3) is 0.136.